The lowest BCUT2D eigenvalue weighted by Crippen LogP contribution is -2.28. The van der Waals surface area contributed by atoms with Crippen LogP contribution in [0.2, 0.25) is 0 Å². The first-order valence-electron chi connectivity index (χ1n) is 23.0. The van der Waals surface area contributed by atoms with Gasteiger partial charge in [-0.3, -0.25) is 0 Å². The van der Waals surface area contributed by atoms with Crippen LogP contribution in [0, 0.1) is 0 Å². The summed E-state index contributed by atoms with van der Waals surface area (Å²) in [5, 5.41) is 4.89. The minimum atomic E-state index is -0.519. The van der Waals surface area contributed by atoms with Crippen LogP contribution >= 0.6 is 0 Å². The van der Waals surface area contributed by atoms with Gasteiger partial charge in [0.2, 0.25) is 0 Å². The molecule has 0 N–H and O–H groups in total. The maximum atomic E-state index is 5.62. The molecule has 2 nitrogen and oxygen atoms in total. The molecule has 10 aromatic carbocycles. The molecular weight excluding hydrogens is 797 g/mol. The van der Waals surface area contributed by atoms with Crippen molar-refractivity contribution < 1.29 is 0 Å². The normalized spacial score (nSPS) is 13.8. The first-order valence-corrected chi connectivity index (χ1v) is 23.0. The number of aromatic nitrogens is 2. The first-order chi connectivity index (χ1) is 32.5. The molecule has 0 amide bonds. The summed E-state index contributed by atoms with van der Waals surface area (Å²) >= 11 is 0. The predicted octanol–water partition coefficient (Wildman–Crippen LogP) is 16.1. The summed E-state index contributed by atoms with van der Waals surface area (Å²) in [4.78, 5) is 11.1. The highest BCUT2D eigenvalue weighted by molar-refractivity contribution is 6.09. The molecule has 1 aromatic heterocycles. The van der Waals surface area contributed by atoms with Gasteiger partial charge in [0, 0.05) is 22.1 Å². The molecule has 0 saturated heterocycles. The highest BCUT2D eigenvalue weighted by Crippen LogP contribution is 2.59. The van der Waals surface area contributed by atoms with E-state index in [1.54, 1.807) is 0 Å². The summed E-state index contributed by atoms with van der Waals surface area (Å²) in [6.07, 6.45) is 0. The van der Waals surface area contributed by atoms with E-state index in [1.807, 2.05) is 0 Å². The Morgan fingerprint density at radius 2 is 0.879 bits per heavy atom. The molecule has 0 aliphatic heterocycles. The fourth-order valence-corrected chi connectivity index (χ4v) is 11.8. The van der Waals surface area contributed by atoms with Crippen molar-refractivity contribution in [1.82, 2.24) is 9.97 Å². The van der Waals surface area contributed by atoms with Crippen molar-refractivity contribution in [2.24, 2.45) is 0 Å². The van der Waals surface area contributed by atoms with E-state index in [0.29, 0.717) is 5.82 Å². The molecule has 0 fully saturated rings. The summed E-state index contributed by atoms with van der Waals surface area (Å²) < 4.78 is 0. The zero-order valence-electron chi connectivity index (χ0n) is 36.8. The lowest BCUT2D eigenvalue weighted by atomic mass is 9.67. The van der Waals surface area contributed by atoms with Crippen molar-refractivity contribution in [2.75, 3.05) is 0 Å². The Hall–Kier alpha value is -8.20. The summed E-state index contributed by atoms with van der Waals surface area (Å²) in [5.41, 5.74) is 19.6. The van der Waals surface area contributed by atoms with E-state index in [1.165, 1.54) is 82.9 Å². The third-order valence-electron chi connectivity index (χ3n) is 14.6. The summed E-state index contributed by atoms with van der Waals surface area (Å²) in [7, 11) is 0. The van der Waals surface area contributed by atoms with Gasteiger partial charge in [-0.25, -0.2) is 9.97 Å². The van der Waals surface area contributed by atoms with Crippen molar-refractivity contribution >= 4 is 21.5 Å². The number of nitrogens with zero attached hydrogens (tertiary/aromatic N) is 2. The zero-order valence-corrected chi connectivity index (χ0v) is 36.8. The minimum absolute atomic E-state index is 0.194. The molecule has 0 unspecified atom stereocenters. The predicted molar refractivity (Wildman–Crippen MR) is 274 cm³/mol. The molecule has 0 spiro atoms. The molecule has 0 radical (unpaired) electrons. The van der Waals surface area contributed by atoms with Crippen molar-refractivity contribution in [2.45, 2.75) is 24.7 Å². The first kappa shape index (κ1) is 38.3. The van der Waals surface area contributed by atoms with Crippen molar-refractivity contribution in [1.29, 1.82) is 0 Å². The maximum Gasteiger partial charge on any atom is 0.161 e. The zero-order chi connectivity index (χ0) is 44.0. The topological polar surface area (TPSA) is 25.8 Å². The Morgan fingerprint density at radius 3 is 1.64 bits per heavy atom. The van der Waals surface area contributed by atoms with Crippen LogP contribution in [0.3, 0.4) is 0 Å². The summed E-state index contributed by atoms with van der Waals surface area (Å²) in [6.45, 7) is 4.78. The van der Waals surface area contributed by atoms with Gasteiger partial charge in [-0.15, -0.1) is 0 Å². The SMILES string of the molecule is CC1(C)c2ccc3ccccc3c2-c2cccc(-c3ccc(-c4nc(-c5ccccc5)cc(-c5cccc6c5-c5ccccc5C6(c5ccccc5)c5ccccc5)n4)c4ccccc34)c21. The number of benzene rings is 10. The average molecular weight is 841 g/mol. The molecule has 13 rings (SSSR count). The maximum absolute atomic E-state index is 5.62. The molecule has 310 valence electrons. The van der Waals surface area contributed by atoms with E-state index in [9.17, 15) is 0 Å². The fraction of sp³-hybridized carbons (Fsp3) is 0.0625. The number of hydrogen-bond acceptors (Lipinski definition) is 2. The highest BCUT2D eigenvalue weighted by atomic mass is 14.9. The molecule has 2 aliphatic rings. The Morgan fingerprint density at radius 1 is 0.333 bits per heavy atom. The second kappa shape index (κ2) is 14.7. The van der Waals surface area contributed by atoms with Crippen LogP contribution in [0.1, 0.15) is 47.2 Å². The van der Waals surface area contributed by atoms with Gasteiger partial charge in [-0.05, 0) is 100 Å². The standard InChI is InChI=1S/C64H44N2/c1-63(2)55-39-36-41-20-12-13-27-45(41)59(55)53-33-18-31-49(61(53)63)48-37-38-50(47-29-15-14-28-46(47)48)62-65-57(42-21-6-3-7-22-42)40-58(66-62)52-32-19-35-56-60(52)51-30-16-17-34-54(51)64(56,43-23-8-4-9-24-43)44-25-10-5-11-26-44/h3-40H,1-2H3. The fourth-order valence-electron chi connectivity index (χ4n) is 11.8. The second-order valence-electron chi connectivity index (χ2n) is 18.4. The molecule has 2 heteroatoms. The van der Waals surface area contributed by atoms with E-state index < -0.39 is 5.41 Å². The van der Waals surface area contributed by atoms with Crippen LogP contribution in [0.4, 0.5) is 0 Å². The lowest BCUT2D eigenvalue weighted by Gasteiger charge is -2.33. The van der Waals surface area contributed by atoms with Gasteiger partial charge in [0.25, 0.3) is 0 Å². The molecule has 0 saturated carbocycles. The van der Waals surface area contributed by atoms with Crippen LogP contribution in [0.15, 0.2) is 231 Å². The van der Waals surface area contributed by atoms with Gasteiger partial charge in [0.1, 0.15) is 0 Å². The highest BCUT2D eigenvalue weighted by Gasteiger charge is 2.47. The van der Waals surface area contributed by atoms with Crippen LogP contribution in [-0.2, 0) is 10.8 Å². The Labute approximate surface area is 385 Å². The summed E-state index contributed by atoms with van der Waals surface area (Å²) in [5.74, 6) is 0.702. The minimum Gasteiger partial charge on any atom is -0.228 e. The van der Waals surface area contributed by atoms with Crippen molar-refractivity contribution in [3.8, 4) is 67.3 Å². The van der Waals surface area contributed by atoms with E-state index >= 15 is 0 Å². The molecular formula is C64H44N2. The monoisotopic (exact) mass is 840 g/mol. The molecule has 1 heterocycles. The Balaban J connectivity index is 1.03. The number of hydrogen-bond donors (Lipinski definition) is 0. The molecule has 0 atom stereocenters. The summed E-state index contributed by atoms with van der Waals surface area (Å²) in [6, 6.07) is 84.2. The molecule has 66 heavy (non-hydrogen) atoms. The van der Waals surface area contributed by atoms with Crippen LogP contribution in [-0.4, -0.2) is 9.97 Å². The van der Waals surface area contributed by atoms with E-state index in [0.717, 1.165) is 33.5 Å². The van der Waals surface area contributed by atoms with E-state index in [2.05, 4.69) is 244 Å². The average Bonchev–Trinajstić information content (AvgIpc) is 3.82. The molecule has 0 bridgehead atoms. The lowest BCUT2D eigenvalue weighted by molar-refractivity contribution is 0.662. The van der Waals surface area contributed by atoms with Gasteiger partial charge in [-0.1, -0.05) is 232 Å². The molecule has 11 aromatic rings. The second-order valence-corrected chi connectivity index (χ2v) is 18.4. The van der Waals surface area contributed by atoms with Crippen LogP contribution in [0.5, 0.6) is 0 Å². The van der Waals surface area contributed by atoms with E-state index in [4.69, 9.17) is 9.97 Å². The van der Waals surface area contributed by atoms with Crippen LogP contribution < -0.4 is 0 Å². The Bertz CT molecular complexity index is 3680. The van der Waals surface area contributed by atoms with Gasteiger partial charge < -0.3 is 0 Å². The van der Waals surface area contributed by atoms with Gasteiger partial charge >= 0.3 is 0 Å². The largest absolute Gasteiger partial charge is 0.228 e. The van der Waals surface area contributed by atoms with Crippen LogP contribution in [0.25, 0.3) is 88.8 Å². The van der Waals surface area contributed by atoms with Gasteiger partial charge in [0.15, 0.2) is 5.82 Å². The molecule has 2 aliphatic carbocycles. The van der Waals surface area contributed by atoms with E-state index in [-0.39, 0.29) is 5.41 Å². The Kier molecular flexibility index (Phi) is 8.51. The number of fused-ring (bicyclic) bond motifs is 9. The van der Waals surface area contributed by atoms with Crippen molar-refractivity contribution in [3.05, 3.63) is 264 Å². The van der Waals surface area contributed by atoms with Crippen molar-refractivity contribution in [3.63, 3.8) is 0 Å². The third-order valence-corrected chi connectivity index (χ3v) is 14.6. The quantitative estimate of drug-likeness (QED) is 0.167. The number of rotatable bonds is 6. The smallest absolute Gasteiger partial charge is 0.161 e. The van der Waals surface area contributed by atoms with Gasteiger partial charge in [-0.2, -0.15) is 0 Å². The van der Waals surface area contributed by atoms with Gasteiger partial charge in [0.05, 0.1) is 16.8 Å². The third kappa shape index (κ3) is 5.48.